The first-order valence-electron chi connectivity index (χ1n) is 5.99. The van der Waals surface area contributed by atoms with E-state index in [1.807, 2.05) is 42.3 Å². The standard InChI is InChI=1S/C13H18N2O3/c1-15-7-11(12(16)8-15)14-13(17)18-9-10-5-3-2-4-6-10/h2-6,11-12,16H,7-9H2,1H3,(H,14,17)/t11-,12-/m0/s1. The number of carbonyl (C=O) groups excluding carboxylic acids is 1. The fraction of sp³-hybridized carbons (Fsp3) is 0.462. The molecule has 1 heterocycles. The van der Waals surface area contributed by atoms with Crippen molar-refractivity contribution in [3.8, 4) is 0 Å². The molecular weight excluding hydrogens is 232 g/mol. The number of aliphatic hydroxyl groups excluding tert-OH is 1. The second kappa shape index (κ2) is 5.84. The van der Waals surface area contributed by atoms with Crippen molar-refractivity contribution in [2.24, 2.45) is 0 Å². The van der Waals surface area contributed by atoms with E-state index in [-0.39, 0.29) is 12.6 Å². The van der Waals surface area contributed by atoms with Gasteiger partial charge in [0.1, 0.15) is 6.61 Å². The van der Waals surface area contributed by atoms with Crippen molar-refractivity contribution in [2.75, 3.05) is 20.1 Å². The van der Waals surface area contributed by atoms with Gasteiger partial charge in [0, 0.05) is 13.1 Å². The molecule has 1 aromatic carbocycles. The van der Waals surface area contributed by atoms with Gasteiger partial charge in [-0.15, -0.1) is 0 Å². The summed E-state index contributed by atoms with van der Waals surface area (Å²) >= 11 is 0. The van der Waals surface area contributed by atoms with Crippen molar-refractivity contribution in [2.45, 2.75) is 18.8 Å². The van der Waals surface area contributed by atoms with Gasteiger partial charge in [-0.25, -0.2) is 4.79 Å². The number of aliphatic hydroxyl groups is 1. The maximum atomic E-state index is 11.6. The van der Waals surface area contributed by atoms with E-state index >= 15 is 0 Å². The molecule has 0 aromatic heterocycles. The van der Waals surface area contributed by atoms with Crippen molar-refractivity contribution in [3.05, 3.63) is 35.9 Å². The number of ether oxygens (including phenoxy) is 1. The van der Waals surface area contributed by atoms with Crippen LogP contribution in [0.1, 0.15) is 5.56 Å². The smallest absolute Gasteiger partial charge is 0.407 e. The molecular formula is C13H18N2O3. The number of likely N-dealkylation sites (N-methyl/N-ethyl adjacent to an activating group) is 1. The van der Waals surface area contributed by atoms with Gasteiger partial charge < -0.3 is 20.1 Å². The lowest BCUT2D eigenvalue weighted by Crippen LogP contribution is -2.42. The third kappa shape index (κ3) is 3.45. The van der Waals surface area contributed by atoms with E-state index < -0.39 is 12.2 Å². The van der Waals surface area contributed by atoms with Crippen LogP contribution in [0.25, 0.3) is 0 Å². The number of nitrogens with one attached hydrogen (secondary N) is 1. The molecule has 18 heavy (non-hydrogen) atoms. The topological polar surface area (TPSA) is 61.8 Å². The Balaban J connectivity index is 1.76. The molecule has 0 radical (unpaired) electrons. The second-order valence-electron chi connectivity index (χ2n) is 4.60. The number of hydrogen-bond donors (Lipinski definition) is 2. The molecule has 2 atom stereocenters. The first-order chi connectivity index (χ1) is 8.65. The van der Waals surface area contributed by atoms with Crippen molar-refractivity contribution >= 4 is 6.09 Å². The summed E-state index contributed by atoms with van der Waals surface area (Å²) in [5.41, 5.74) is 0.941. The number of benzene rings is 1. The zero-order chi connectivity index (χ0) is 13.0. The van der Waals surface area contributed by atoms with Crippen LogP contribution < -0.4 is 5.32 Å². The number of carbonyl (C=O) groups is 1. The van der Waals surface area contributed by atoms with E-state index in [0.717, 1.165) is 5.56 Å². The summed E-state index contributed by atoms with van der Waals surface area (Å²) < 4.78 is 5.09. The van der Waals surface area contributed by atoms with Gasteiger partial charge in [0.15, 0.2) is 0 Å². The molecule has 5 nitrogen and oxygen atoms in total. The lowest BCUT2D eigenvalue weighted by atomic mass is 10.2. The Morgan fingerprint density at radius 2 is 2.17 bits per heavy atom. The third-order valence-electron chi connectivity index (χ3n) is 2.99. The molecule has 1 aliphatic rings. The van der Waals surface area contributed by atoms with Gasteiger partial charge in [0.2, 0.25) is 0 Å². The molecule has 1 amide bonds. The minimum Gasteiger partial charge on any atom is -0.445 e. The second-order valence-corrected chi connectivity index (χ2v) is 4.60. The van der Waals surface area contributed by atoms with E-state index in [4.69, 9.17) is 4.74 Å². The molecule has 2 N–H and O–H groups in total. The normalized spacial score (nSPS) is 23.9. The van der Waals surface area contributed by atoms with Crippen LogP contribution in [0.2, 0.25) is 0 Å². The highest BCUT2D eigenvalue weighted by Gasteiger charge is 2.30. The predicted molar refractivity (Wildman–Crippen MR) is 67.1 cm³/mol. The van der Waals surface area contributed by atoms with Crippen LogP contribution in [0.3, 0.4) is 0 Å². The predicted octanol–water partition coefficient (Wildman–Crippen LogP) is 0.588. The average molecular weight is 250 g/mol. The molecule has 5 heteroatoms. The average Bonchev–Trinajstić information content (AvgIpc) is 2.67. The summed E-state index contributed by atoms with van der Waals surface area (Å²) in [4.78, 5) is 13.5. The molecule has 2 rings (SSSR count). The van der Waals surface area contributed by atoms with Gasteiger partial charge in [0.05, 0.1) is 12.1 Å². The molecule has 1 fully saturated rings. The van der Waals surface area contributed by atoms with E-state index in [0.29, 0.717) is 13.1 Å². The highest BCUT2D eigenvalue weighted by atomic mass is 16.5. The van der Waals surface area contributed by atoms with E-state index in [2.05, 4.69) is 5.32 Å². The Morgan fingerprint density at radius 3 is 2.78 bits per heavy atom. The summed E-state index contributed by atoms with van der Waals surface area (Å²) in [6.45, 7) is 1.45. The van der Waals surface area contributed by atoms with E-state index in [1.54, 1.807) is 0 Å². The van der Waals surface area contributed by atoms with Crippen LogP contribution in [0.5, 0.6) is 0 Å². The molecule has 0 aliphatic carbocycles. The number of nitrogens with zero attached hydrogens (tertiary/aromatic N) is 1. The van der Waals surface area contributed by atoms with Crippen molar-refractivity contribution in [1.82, 2.24) is 10.2 Å². The Labute approximate surface area is 106 Å². The molecule has 1 aromatic rings. The quantitative estimate of drug-likeness (QED) is 0.824. The molecule has 0 unspecified atom stereocenters. The fourth-order valence-corrected chi connectivity index (χ4v) is 2.04. The van der Waals surface area contributed by atoms with Crippen LogP contribution in [0, 0.1) is 0 Å². The van der Waals surface area contributed by atoms with Crippen LogP contribution in [-0.2, 0) is 11.3 Å². The Kier molecular flexibility index (Phi) is 4.17. The highest BCUT2D eigenvalue weighted by molar-refractivity contribution is 5.67. The van der Waals surface area contributed by atoms with Crippen molar-refractivity contribution in [1.29, 1.82) is 0 Å². The number of alkyl carbamates (subject to hydrolysis) is 1. The molecule has 0 saturated carbocycles. The first-order valence-corrected chi connectivity index (χ1v) is 5.99. The zero-order valence-electron chi connectivity index (χ0n) is 10.4. The van der Waals surface area contributed by atoms with Crippen molar-refractivity contribution < 1.29 is 14.6 Å². The van der Waals surface area contributed by atoms with E-state index in [1.165, 1.54) is 0 Å². The SMILES string of the molecule is CN1C[C@H](NC(=O)OCc2ccccc2)[C@@H](O)C1. The van der Waals surface area contributed by atoms with Gasteiger partial charge >= 0.3 is 6.09 Å². The Morgan fingerprint density at radius 1 is 1.44 bits per heavy atom. The van der Waals surface area contributed by atoms with Gasteiger partial charge in [-0.3, -0.25) is 0 Å². The minimum absolute atomic E-state index is 0.241. The lowest BCUT2D eigenvalue weighted by Gasteiger charge is -2.15. The Hall–Kier alpha value is -1.59. The van der Waals surface area contributed by atoms with Crippen LogP contribution >= 0.6 is 0 Å². The van der Waals surface area contributed by atoms with Crippen LogP contribution in [0.15, 0.2) is 30.3 Å². The van der Waals surface area contributed by atoms with Gasteiger partial charge in [-0.05, 0) is 12.6 Å². The minimum atomic E-state index is -0.528. The van der Waals surface area contributed by atoms with Crippen LogP contribution in [-0.4, -0.2) is 48.4 Å². The molecule has 0 spiro atoms. The maximum Gasteiger partial charge on any atom is 0.407 e. The fourth-order valence-electron chi connectivity index (χ4n) is 2.04. The van der Waals surface area contributed by atoms with Crippen molar-refractivity contribution in [3.63, 3.8) is 0 Å². The third-order valence-corrected chi connectivity index (χ3v) is 2.99. The van der Waals surface area contributed by atoms with Gasteiger partial charge in [-0.2, -0.15) is 0 Å². The van der Waals surface area contributed by atoms with Gasteiger partial charge in [-0.1, -0.05) is 30.3 Å². The summed E-state index contributed by atoms with van der Waals surface area (Å²) in [6, 6.07) is 9.24. The summed E-state index contributed by atoms with van der Waals surface area (Å²) in [5.74, 6) is 0. The summed E-state index contributed by atoms with van der Waals surface area (Å²) in [6.07, 6.45) is -1.02. The summed E-state index contributed by atoms with van der Waals surface area (Å²) in [7, 11) is 1.90. The lowest BCUT2D eigenvalue weighted by molar-refractivity contribution is 0.118. The largest absolute Gasteiger partial charge is 0.445 e. The summed E-state index contributed by atoms with van der Waals surface area (Å²) in [5, 5.41) is 12.4. The Bertz CT molecular complexity index is 396. The number of rotatable bonds is 3. The number of β-amino-alcohol motifs (C(OH)–C–C–N with tert-alkyl or cyclic N) is 1. The molecule has 1 aliphatic heterocycles. The number of likely N-dealkylation sites (tertiary alicyclic amines) is 1. The van der Waals surface area contributed by atoms with Gasteiger partial charge in [0.25, 0.3) is 0 Å². The number of amides is 1. The zero-order valence-corrected chi connectivity index (χ0v) is 10.4. The molecule has 1 saturated heterocycles. The van der Waals surface area contributed by atoms with Crippen LogP contribution in [0.4, 0.5) is 4.79 Å². The molecule has 98 valence electrons. The first kappa shape index (κ1) is 12.9. The molecule has 0 bridgehead atoms. The maximum absolute atomic E-state index is 11.6. The number of hydrogen-bond acceptors (Lipinski definition) is 4. The van der Waals surface area contributed by atoms with E-state index in [9.17, 15) is 9.90 Å². The highest BCUT2D eigenvalue weighted by Crippen LogP contribution is 2.08. The monoisotopic (exact) mass is 250 g/mol.